The summed E-state index contributed by atoms with van der Waals surface area (Å²) in [5, 5.41) is 2.76. The highest BCUT2D eigenvalue weighted by atomic mass is 16.5. The third-order valence-electron chi connectivity index (χ3n) is 1.92. The molecule has 0 rings (SSSR count). The van der Waals surface area contributed by atoms with E-state index in [2.05, 4.69) is 19.2 Å². The molecule has 0 spiro atoms. The van der Waals surface area contributed by atoms with Crippen molar-refractivity contribution in [3.05, 3.63) is 0 Å². The van der Waals surface area contributed by atoms with Gasteiger partial charge in [-0.2, -0.15) is 0 Å². The van der Waals surface area contributed by atoms with E-state index in [1.165, 1.54) is 0 Å². The predicted octanol–water partition coefficient (Wildman–Crippen LogP) is 0.903. The number of nitrogens with one attached hydrogen (secondary N) is 1. The Morgan fingerprint density at radius 1 is 1.33 bits per heavy atom. The van der Waals surface area contributed by atoms with Crippen molar-refractivity contribution in [2.45, 2.75) is 39.7 Å². The van der Waals surface area contributed by atoms with Crippen LogP contribution in [0.1, 0.15) is 33.6 Å². The Labute approximate surface area is 92.6 Å². The van der Waals surface area contributed by atoms with E-state index in [-0.39, 0.29) is 11.9 Å². The molecule has 0 saturated heterocycles. The molecule has 1 unspecified atom stereocenters. The maximum Gasteiger partial charge on any atom is 0.221 e. The van der Waals surface area contributed by atoms with Crippen molar-refractivity contribution in [2.75, 3.05) is 19.8 Å². The van der Waals surface area contributed by atoms with Gasteiger partial charge in [-0.3, -0.25) is 4.79 Å². The minimum atomic E-state index is -0.0770. The van der Waals surface area contributed by atoms with Crippen LogP contribution in [0.2, 0.25) is 0 Å². The van der Waals surface area contributed by atoms with Crippen LogP contribution in [0.4, 0.5) is 0 Å². The van der Waals surface area contributed by atoms with Crippen molar-refractivity contribution in [2.24, 2.45) is 11.7 Å². The standard InChI is InChI=1S/C11H24N2O2/c1-9(2)4-6-15-7-5-13-11(14)8-10(3)12/h9-10H,4-8,12H2,1-3H3,(H,13,14). The van der Waals surface area contributed by atoms with Gasteiger partial charge in [0, 0.05) is 25.6 Å². The fourth-order valence-corrected chi connectivity index (χ4v) is 1.05. The lowest BCUT2D eigenvalue weighted by Crippen LogP contribution is -2.32. The summed E-state index contributed by atoms with van der Waals surface area (Å²) >= 11 is 0. The zero-order chi connectivity index (χ0) is 11.7. The van der Waals surface area contributed by atoms with E-state index in [1.54, 1.807) is 0 Å². The molecule has 0 fully saturated rings. The van der Waals surface area contributed by atoms with Crippen molar-refractivity contribution < 1.29 is 9.53 Å². The lowest BCUT2D eigenvalue weighted by atomic mass is 10.1. The van der Waals surface area contributed by atoms with Gasteiger partial charge in [0.1, 0.15) is 0 Å². The van der Waals surface area contributed by atoms with E-state index < -0.39 is 0 Å². The molecule has 0 heterocycles. The van der Waals surface area contributed by atoms with Crippen molar-refractivity contribution in [3.8, 4) is 0 Å². The average molecular weight is 216 g/mol. The van der Waals surface area contributed by atoms with E-state index in [9.17, 15) is 4.79 Å². The monoisotopic (exact) mass is 216 g/mol. The first-order chi connectivity index (χ1) is 7.02. The maximum atomic E-state index is 11.1. The Balaban J connectivity index is 3.20. The first-order valence-electron chi connectivity index (χ1n) is 5.62. The Bertz CT molecular complexity index is 170. The molecule has 1 atom stereocenters. The van der Waals surface area contributed by atoms with Crippen LogP contribution in [-0.2, 0) is 9.53 Å². The van der Waals surface area contributed by atoms with Crippen LogP contribution >= 0.6 is 0 Å². The predicted molar refractivity (Wildman–Crippen MR) is 61.6 cm³/mol. The summed E-state index contributed by atoms with van der Waals surface area (Å²) in [6.07, 6.45) is 1.44. The number of hydrogen-bond donors (Lipinski definition) is 2. The number of rotatable bonds is 8. The maximum absolute atomic E-state index is 11.1. The highest BCUT2D eigenvalue weighted by Crippen LogP contribution is 1.98. The highest BCUT2D eigenvalue weighted by Gasteiger charge is 2.03. The molecule has 0 radical (unpaired) electrons. The van der Waals surface area contributed by atoms with Gasteiger partial charge in [0.2, 0.25) is 5.91 Å². The van der Waals surface area contributed by atoms with Gasteiger partial charge >= 0.3 is 0 Å². The Hall–Kier alpha value is -0.610. The zero-order valence-electron chi connectivity index (χ0n) is 10.1. The van der Waals surface area contributed by atoms with Crippen molar-refractivity contribution in [1.82, 2.24) is 5.32 Å². The summed E-state index contributed by atoms with van der Waals surface area (Å²) < 4.78 is 5.35. The van der Waals surface area contributed by atoms with Gasteiger partial charge in [0.05, 0.1) is 6.61 Å². The third-order valence-corrected chi connectivity index (χ3v) is 1.92. The quantitative estimate of drug-likeness (QED) is 0.593. The Kier molecular flexibility index (Phi) is 8.33. The smallest absolute Gasteiger partial charge is 0.221 e. The van der Waals surface area contributed by atoms with E-state index in [1.807, 2.05) is 6.92 Å². The second kappa shape index (κ2) is 8.68. The molecule has 0 aromatic heterocycles. The molecule has 90 valence electrons. The minimum absolute atomic E-state index is 0.00235. The van der Waals surface area contributed by atoms with Gasteiger partial charge in [0.15, 0.2) is 0 Å². The first kappa shape index (κ1) is 14.4. The highest BCUT2D eigenvalue weighted by molar-refractivity contribution is 5.76. The SMILES string of the molecule is CC(C)CCOCCNC(=O)CC(C)N. The summed E-state index contributed by atoms with van der Waals surface area (Å²) in [7, 11) is 0. The second-order valence-electron chi connectivity index (χ2n) is 4.33. The lowest BCUT2D eigenvalue weighted by molar-refractivity contribution is -0.121. The molecule has 1 amide bonds. The molecule has 0 aliphatic rings. The summed E-state index contributed by atoms with van der Waals surface area (Å²) in [4.78, 5) is 11.1. The fourth-order valence-electron chi connectivity index (χ4n) is 1.05. The molecule has 4 heteroatoms. The third kappa shape index (κ3) is 11.3. The van der Waals surface area contributed by atoms with E-state index in [0.717, 1.165) is 13.0 Å². The summed E-state index contributed by atoms with van der Waals surface area (Å²) in [6.45, 7) is 8.06. The molecule has 0 aliphatic carbocycles. The number of amides is 1. The molecule has 0 aromatic rings. The molecule has 0 saturated carbocycles. The lowest BCUT2D eigenvalue weighted by Gasteiger charge is -2.08. The molecule has 0 aromatic carbocycles. The number of carbonyl (C=O) groups is 1. The van der Waals surface area contributed by atoms with Gasteiger partial charge in [-0.1, -0.05) is 13.8 Å². The van der Waals surface area contributed by atoms with Crippen LogP contribution < -0.4 is 11.1 Å². The molecule has 15 heavy (non-hydrogen) atoms. The van der Waals surface area contributed by atoms with Crippen molar-refractivity contribution in [1.29, 1.82) is 0 Å². The zero-order valence-corrected chi connectivity index (χ0v) is 10.1. The van der Waals surface area contributed by atoms with Crippen LogP contribution in [0.5, 0.6) is 0 Å². The summed E-state index contributed by atoms with van der Waals surface area (Å²) in [5.41, 5.74) is 5.49. The van der Waals surface area contributed by atoms with E-state index in [4.69, 9.17) is 10.5 Å². The molecule has 4 nitrogen and oxygen atoms in total. The van der Waals surface area contributed by atoms with Crippen molar-refractivity contribution >= 4 is 5.91 Å². The van der Waals surface area contributed by atoms with Crippen LogP contribution in [0, 0.1) is 5.92 Å². The van der Waals surface area contributed by atoms with Crippen LogP contribution in [-0.4, -0.2) is 31.7 Å². The fraction of sp³-hybridized carbons (Fsp3) is 0.909. The van der Waals surface area contributed by atoms with E-state index in [0.29, 0.717) is 25.5 Å². The van der Waals surface area contributed by atoms with Gasteiger partial charge in [-0.15, -0.1) is 0 Å². The largest absolute Gasteiger partial charge is 0.380 e. The van der Waals surface area contributed by atoms with E-state index >= 15 is 0 Å². The number of hydrogen-bond acceptors (Lipinski definition) is 3. The average Bonchev–Trinajstić information content (AvgIpc) is 2.09. The normalized spacial score (nSPS) is 12.9. The van der Waals surface area contributed by atoms with Gasteiger partial charge < -0.3 is 15.8 Å². The van der Waals surface area contributed by atoms with Crippen LogP contribution in [0.25, 0.3) is 0 Å². The van der Waals surface area contributed by atoms with Gasteiger partial charge in [-0.25, -0.2) is 0 Å². The molecule has 0 bridgehead atoms. The Morgan fingerprint density at radius 3 is 2.53 bits per heavy atom. The second-order valence-corrected chi connectivity index (χ2v) is 4.33. The Morgan fingerprint density at radius 2 is 2.00 bits per heavy atom. The number of nitrogens with two attached hydrogens (primary N) is 1. The summed E-state index contributed by atoms with van der Waals surface area (Å²) in [5.74, 6) is 0.662. The molecular formula is C11H24N2O2. The molecular weight excluding hydrogens is 192 g/mol. The van der Waals surface area contributed by atoms with Crippen molar-refractivity contribution in [3.63, 3.8) is 0 Å². The number of ether oxygens (including phenoxy) is 1. The molecule has 3 N–H and O–H groups in total. The summed E-state index contributed by atoms with van der Waals surface area (Å²) in [6, 6.07) is -0.0770. The van der Waals surface area contributed by atoms with Crippen LogP contribution in [0.15, 0.2) is 0 Å². The number of carbonyl (C=O) groups excluding carboxylic acids is 1. The van der Waals surface area contributed by atoms with Gasteiger partial charge in [-0.05, 0) is 19.3 Å². The van der Waals surface area contributed by atoms with Gasteiger partial charge in [0.25, 0.3) is 0 Å². The van der Waals surface area contributed by atoms with Crippen LogP contribution in [0.3, 0.4) is 0 Å². The minimum Gasteiger partial charge on any atom is -0.380 e. The first-order valence-corrected chi connectivity index (χ1v) is 5.62. The molecule has 0 aliphatic heterocycles. The topological polar surface area (TPSA) is 64.3 Å².